The van der Waals surface area contributed by atoms with Crippen molar-refractivity contribution in [3.05, 3.63) is 53.5 Å². The van der Waals surface area contributed by atoms with Gasteiger partial charge in [0.25, 0.3) is 5.91 Å². The second-order valence-electron chi connectivity index (χ2n) is 6.80. The number of nitrogens with zero attached hydrogens (tertiary/aromatic N) is 4. The highest BCUT2D eigenvalue weighted by Gasteiger charge is 2.37. The van der Waals surface area contributed by atoms with E-state index in [0.717, 1.165) is 12.2 Å². The number of carbonyl (C=O) groups is 1. The number of benzene rings is 1. The SMILES string of the molecule is COc1ccc(C(=O)N2CC3=CN(c4nccc(C)n4)CC3C2)c(OC)c1. The number of aromatic nitrogens is 2. The lowest BCUT2D eigenvalue weighted by molar-refractivity contribution is 0.0785. The molecule has 1 aromatic heterocycles. The third kappa shape index (κ3) is 3.20. The van der Waals surface area contributed by atoms with E-state index in [2.05, 4.69) is 21.1 Å². The van der Waals surface area contributed by atoms with E-state index in [1.807, 2.05) is 17.9 Å². The first kappa shape index (κ1) is 17.3. The summed E-state index contributed by atoms with van der Waals surface area (Å²) in [7, 11) is 3.15. The molecule has 3 heterocycles. The monoisotopic (exact) mass is 366 g/mol. The number of anilines is 1. The Hall–Kier alpha value is -3.09. The molecular weight excluding hydrogens is 344 g/mol. The first-order chi connectivity index (χ1) is 13.1. The van der Waals surface area contributed by atoms with Crippen LogP contribution in [0.15, 0.2) is 42.2 Å². The van der Waals surface area contributed by atoms with E-state index >= 15 is 0 Å². The lowest BCUT2D eigenvalue weighted by Gasteiger charge is -2.21. The van der Waals surface area contributed by atoms with Gasteiger partial charge in [-0.3, -0.25) is 4.79 Å². The zero-order valence-electron chi connectivity index (χ0n) is 15.7. The zero-order chi connectivity index (χ0) is 19.0. The third-order valence-corrected chi connectivity index (χ3v) is 5.04. The van der Waals surface area contributed by atoms with Crippen LogP contribution >= 0.6 is 0 Å². The summed E-state index contributed by atoms with van der Waals surface area (Å²) in [6.07, 6.45) is 3.86. The van der Waals surface area contributed by atoms with Crippen molar-refractivity contribution in [2.24, 2.45) is 5.92 Å². The molecule has 1 aromatic carbocycles. The fourth-order valence-corrected chi connectivity index (χ4v) is 3.62. The molecule has 1 unspecified atom stereocenters. The van der Waals surface area contributed by atoms with Gasteiger partial charge >= 0.3 is 0 Å². The minimum absolute atomic E-state index is 0.0249. The van der Waals surface area contributed by atoms with Crippen LogP contribution in [-0.2, 0) is 0 Å². The molecular formula is C20H22N4O3. The summed E-state index contributed by atoms with van der Waals surface area (Å²) in [5.74, 6) is 2.19. The number of ether oxygens (including phenoxy) is 2. The minimum Gasteiger partial charge on any atom is -0.497 e. The van der Waals surface area contributed by atoms with E-state index in [-0.39, 0.29) is 5.91 Å². The predicted molar refractivity (Wildman–Crippen MR) is 101 cm³/mol. The number of hydrogen-bond acceptors (Lipinski definition) is 6. The van der Waals surface area contributed by atoms with Gasteiger partial charge in [-0.2, -0.15) is 0 Å². The van der Waals surface area contributed by atoms with E-state index in [0.29, 0.717) is 42.0 Å². The minimum atomic E-state index is -0.0249. The van der Waals surface area contributed by atoms with E-state index in [4.69, 9.17) is 9.47 Å². The highest BCUT2D eigenvalue weighted by Crippen LogP contribution is 2.33. The summed E-state index contributed by atoms with van der Waals surface area (Å²) < 4.78 is 10.6. The van der Waals surface area contributed by atoms with Crippen LogP contribution in [0.4, 0.5) is 5.95 Å². The number of hydrogen-bond donors (Lipinski definition) is 0. The average molecular weight is 366 g/mol. The molecule has 1 saturated heterocycles. The molecule has 0 saturated carbocycles. The molecule has 0 radical (unpaired) electrons. The molecule has 0 spiro atoms. The van der Waals surface area contributed by atoms with E-state index in [9.17, 15) is 4.79 Å². The molecule has 0 N–H and O–H groups in total. The number of methoxy groups -OCH3 is 2. The second-order valence-corrected chi connectivity index (χ2v) is 6.80. The normalized spacial score (nSPS) is 18.3. The van der Waals surface area contributed by atoms with Crippen molar-refractivity contribution in [2.75, 3.05) is 38.8 Å². The maximum absolute atomic E-state index is 13.0. The molecule has 140 valence electrons. The fraction of sp³-hybridized carbons (Fsp3) is 0.350. The maximum Gasteiger partial charge on any atom is 0.257 e. The Balaban J connectivity index is 1.51. The van der Waals surface area contributed by atoms with Gasteiger partial charge < -0.3 is 19.3 Å². The third-order valence-electron chi connectivity index (χ3n) is 5.04. The topological polar surface area (TPSA) is 67.8 Å². The van der Waals surface area contributed by atoms with E-state index in [1.54, 1.807) is 38.6 Å². The average Bonchev–Trinajstić information content (AvgIpc) is 3.26. The molecule has 2 aliphatic heterocycles. The number of amides is 1. The highest BCUT2D eigenvalue weighted by atomic mass is 16.5. The van der Waals surface area contributed by atoms with Crippen LogP contribution in [0.2, 0.25) is 0 Å². The van der Waals surface area contributed by atoms with Gasteiger partial charge in [0.2, 0.25) is 5.95 Å². The van der Waals surface area contributed by atoms with Gasteiger partial charge in [0.15, 0.2) is 0 Å². The molecule has 1 atom stereocenters. The standard InChI is InChI=1S/C20H22N4O3/c1-13-6-7-21-20(22-13)24-11-14-9-23(10-15(14)12-24)19(25)17-5-4-16(26-2)8-18(17)27-3/h4-8,11,15H,9-10,12H2,1-3H3. The van der Waals surface area contributed by atoms with Gasteiger partial charge in [0, 0.05) is 49.7 Å². The largest absolute Gasteiger partial charge is 0.497 e. The first-order valence-corrected chi connectivity index (χ1v) is 8.87. The lowest BCUT2D eigenvalue weighted by atomic mass is 10.1. The Morgan fingerprint density at radius 3 is 2.74 bits per heavy atom. The first-order valence-electron chi connectivity index (χ1n) is 8.87. The van der Waals surface area contributed by atoms with Crippen molar-refractivity contribution >= 4 is 11.9 Å². The van der Waals surface area contributed by atoms with Crippen LogP contribution in [0.1, 0.15) is 16.1 Å². The van der Waals surface area contributed by atoms with Crippen LogP contribution < -0.4 is 14.4 Å². The summed E-state index contributed by atoms with van der Waals surface area (Å²) in [5, 5.41) is 0. The summed E-state index contributed by atoms with van der Waals surface area (Å²) in [4.78, 5) is 25.8. The number of rotatable bonds is 4. The van der Waals surface area contributed by atoms with Gasteiger partial charge in [-0.25, -0.2) is 9.97 Å². The van der Waals surface area contributed by atoms with Crippen molar-refractivity contribution in [3.8, 4) is 11.5 Å². The fourth-order valence-electron chi connectivity index (χ4n) is 3.62. The second kappa shape index (κ2) is 6.90. The van der Waals surface area contributed by atoms with Crippen LogP contribution in [0.25, 0.3) is 0 Å². The lowest BCUT2D eigenvalue weighted by Crippen LogP contribution is -2.31. The van der Waals surface area contributed by atoms with Crippen molar-refractivity contribution in [3.63, 3.8) is 0 Å². The number of likely N-dealkylation sites (tertiary alicyclic amines) is 1. The van der Waals surface area contributed by atoms with Crippen molar-refractivity contribution < 1.29 is 14.3 Å². The van der Waals surface area contributed by atoms with E-state index in [1.165, 1.54) is 5.57 Å². The predicted octanol–water partition coefficient (Wildman–Crippen LogP) is 2.28. The Morgan fingerprint density at radius 2 is 2.04 bits per heavy atom. The van der Waals surface area contributed by atoms with Crippen molar-refractivity contribution in [2.45, 2.75) is 6.92 Å². The Bertz CT molecular complexity index is 912. The molecule has 2 aliphatic rings. The highest BCUT2D eigenvalue weighted by molar-refractivity contribution is 5.97. The van der Waals surface area contributed by atoms with Crippen LogP contribution in [-0.4, -0.2) is 54.6 Å². The summed E-state index contributed by atoms with van der Waals surface area (Å²) in [6, 6.07) is 7.16. The molecule has 1 fully saturated rings. The summed E-state index contributed by atoms with van der Waals surface area (Å²) in [6.45, 7) is 4.04. The molecule has 7 heteroatoms. The molecule has 1 amide bonds. The van der Waals surface area contributed by atoms with Gasteiger partial charge in [-0.15, -0.1) is 0 Å². The van der Waals surface area contributed by atoms with Crippen LogP contribution in [0.3, 0.4) is 0 Å². The number of aryl methyl sites for hydroxylation is 1. The van der Waals surface area contributed by atoms with Crippen LogP contribution in [0.5, 0.6) is 11.5 Å². The van der Waals surface area contributed by atoms with Gasteiger partial charge in [-0.05, 0) is 30.7 Å². The maximum atomic E-state index is 13.0. The molecule has 7 nitrogen and oxygen atoms in total. The summed E-state index contributed by atoms with van der Waals surface area (Å²) >= 11 is 0. The van der Waals surface area contributed by atoms with E-state index < -0.39 is 0 Å². The van der Waals surface area contributed by atoms with Crippen molar-refractivity contribution in [1.29, 1.82) is 0 Å². The van der Waals surface area contributed by atoms with Gasteiger partial charge in [-0.1, -0.05) is 0 Å². The zero-order valence-corrected chi connectivity index (χ0v) is 15.7. The molecule has 0 aliphatic carbocycles. The smallest absolute Gasteiger partial charge is 0.257 e. The quantitative estimate of drug-likeness (QED) is 0.827. The Labute approximate surface area is 158 Å². The molecule has 2 aromatic rings. The Kier molecular flexibility index (Phi) is 4.43. The van der Waals surface area contributed by atoms with Gasteiger partial charge in [0.05, 0.1) is 19.8 Å². The van der Waals surface area contributed by atoms with Crippen LogP contribution in [0, 0.1) is 12.8 Å². The van der Waals surface area contributed by atoms with Crippen molar-refractivity contribution in [1.82, 2.24) is 14.9 Å². The number of fused-ring (bicyclic) bond motifs is 1. The molecule has 4 rings (SSSR count). The Morgan fingerprint density at radius 1 is 1.19 bits per heavy atom. The van der Waals surface area contributed by atoms with Gasteiger partial charge in [0.1, 0.15) is 11.5 Å². The number of carbonyl (C=O) groups excluding carboxylic acids is 1. The molecule has 0 bridgehead atoms. The molecule has 27 heavy (non-hydrogen) atoms. The summed E-state index contributed by atoms with van der Waals surface area (Å²) in [5.41, 5.74) is 2.73.